The van der Waals surface area contributed by atoms with Crippen molar-refractivity contribution in [2.24, 2.45) is 0 Å². The predicted molar refractivity (Wildman–Crippen MR) is 130 cm³/mol. The van der Waals surface area contributed by atoms with Gasteiger partial charge in [0.15, 0.2) is 0 Å². The van der Waals surface area contributed by atoms with Crippen LogP contribution < -0.4 is 10.6 Å². The standard InChI is InChI=1S/C25H28BrN3O3/c1-4-5-6-7-12-29-20-10-8-16(13-18(20)19-14-17(26)9-11-21(19)29)23-22(24(30)32-3)15(2)27-25(31)28-23/h8-11,13-14,23H,4-7,12H2,1-3H3,(H2,27,28,31). The second kappa shape index (κ2) is 9.36. The minimum atomic E-state index is -0.573. The summed E-state index contributed by atoms with van der Waals surface area (Å²) in [5, 5.41) is 7.80. The fourth-order valence-electron chi connectivity index (χ4n) is 4.54. The number of allylic oxidation sites excluding steroid dienone is 1. The number of hydrogen-bond donors (Lipinski definition) is 2. The first-order valence-corrected chi connectivity index (χ1v) is 11.8. The minimum absolute atomic E-state index is 0.332. The number of methoxy groups -OCH3 is 1. The highest BCUT2D eigenvalue weighted by Crippen LogP contribution is 2.35. The molecular formula is C25H28BrN3O3. The van der Waals surface area contributed by atoms with E-state index in [4.69, 9.17) is 4.74 Å². The third-order valence-corrected chi connectivity index (χ3v) is 6.59. The van der Waals surface area contributed by atoms with Crippen molar-refractivity contribution in [3.05, 3.63) is 57.7 Å². The quantitative estimate of drug-likeness (QED) is 0.313. The third kappa shape index (κ3) is 4.13. The minimum Gasteiger partial charge on any atom is -0.466 e. The molecule has 7 heteroatoms. The molecule has 6 nitrogen and oxygen atoms in total. The maximum Gasteiger partial charge on any atom is 0.337 e. The number of nitrogens with zero attached hydrogens (tertiary/aromatic N) is 1. The van der Waals surface area contributed by atoms with Crippen molar-refractivity contribution in [3.63, 3.8) is 0 Å². The van der Waals surface area contributed by atoms with E-state index < -0.39 is 12.0 Å². The maximum absolute atomic E-state index is 12.5. The summed E-state index contributed by atoms with van der Waals surface area (Å²) in [6, 6.07) is 11.6. The molecule has 1 aromatic heterocycles. The Balaban J connectivity index is 1.84. The van der Waals surface area contributed by atoms with Crippen molar-refractivity contribution in [2.75, 3.05) is 7.11 Å². The van der Waals surface area contributed by atoms with Gasteiger partial charge in [0, 0.05) is 38.5 Å². The number of halogens is 1. The van der Waals surface area contributed by atoms with Gasteiger partial charge in [-0.25, -0.2) is 9.59 Å². The van der Waals surface area contributed by atoms with Crippen molar-refractivity contribution in [2.45, 2.75) is 52.1 Å². The monoisotopic (exact) mass is 497 g/mol. The van der Waals surface area contributed by atoms with Gasteiger partial charge >= 0.3 is 12.0 Å². The van der Waals surface area contributed by atoms with Crippen molar-refractivity contribution in [1.29, 1.82) is 0 Å². The van der Waals surface area contributed by atoms with Crippen LogP contribution >= 0.6 is 15.9 Å². The topological polar surface area (TPSA) is 72.4 Å². The molecule has 2 N–H and O–H groups in total. The van der Waals surface area contributed by atoms with Crippen LogP contribution in [0.15, 0.2) is 52.1 Å². The van der Waals surface area contributed by atoms with Gasteiger partial charge in [0.05, 0.1) is 18.7 Å². The predicted octanol–water partition coefficient (Wildman–Crippen LogP) is 5.94. The van der Waals surface area contributed by atoms with Gasteiger partial charge in [0.1, 0.15) is 0 Å². The van der Waals surface area contributed by atoms with Gasteiger partial charge in [-0.05, 0) is 49.2 Å². The van der Waals surface area contributed by atoms with Gasteiger partial charge in [-0.15, -0.1) is 0 Å². The lowest BCUT2D eigenvalue weighted by molar-refractivity contribution is -0.136. The summed E-state index contributed by atoms with van der Waals surface area (Å²) < 4.78 is 8.38. The number of benzene rings is 2. The average molecular weight is 498 g/mol. The molecule has 1 aliphatic heterocycles. The average Bonchev–Trinajstić information content (AvgIpc) is 3.08. The number of fused-ring (bicyclic) bond motifs is 3. The Morgan fingerprint density at radius 1 is 1.09 bits per heavy atom. The Morgan fingerprint density at radius 2 is 1.81 bits per heavy atom. The van der Waals surface area contributed by atoms with Crippen LogP contribution in [0.25, 0.3) is 21.8 Å². The Bertz CT molecular complexity index is 1230. The maximum atomic E-state index is 12.5. The number of rotatable bonds is 7. The number of urea groups is 1. The van der Waals surface area contributed by atoms with Crippen LogP contribution in [-0.4, -0.2) is 23.7 Å². The first-order chi connectivity index (χ1) is 15.4. The number of nitrogens with one attached hydrogen (secondary N) is 2. The summed E-state index contributed by atoms with van der Waals surface area (Å²) in [5.74, 6) is -0.457. The van der Waals surface area contributed by atoms with Gasteiger partial charge in [-0.3, -0.25) is 0 Å². The number of aromatic nitrogens is 1. The Morgan fingerprint density at radius 3 is 2.53 bits per heavy atom. The zero-order chi connectivity index (χ0) is 22.8. The molecule has 4 rings (SSSR count). The van der Waals surface area contributed by atoms with Crippen LogP contribution in [0.5, 0.6) is 0 Å². The van der Waals surface area contributed by atoms with E-state index in [9.17, 15) is 9.59 Å². The van der Waals surface area contributed by atoms with Crippen LogP contribution in [0.3, 0.4) is 0 Å². The molecule has 0 aliphatic carbocycles. The van der Waals surface area contributed by atoms with Crippen molar-refractivity contribution in [1.82, 2.24) is 15.2 Å². The van der Waals surface area contributed by atoms with Crippen LogP contribution in [0.1, 0.15) is 51.1 Å². The SMILES string of the molecule is CCCCCCn1c2ccc(Br)cc2c2cc(C3NC(=O)NC(C)=C3C(=O)OC)ccc21. The van der Waals surface area contributed by atoms with Crippen molar-refractivity contribution >= 4 is 49.7 Å². The number of carbonyl (C=O) groups is 2. The van der Waals surface area contributed by atoms with Crippen molar-refractivity contribution < 1.29 is 14.3 Å². The largest absolute Gasteiger partial charge is 0.466 e. The van der Waals surface area contributed by atoms with Crippen LogP contribution in [-0.2, 0) is 16.1 Å². The summed E-state index contributed by atoms with van der Waals surface area (Å²) in [6.45, 7) is 4.89. The zero-order valence-corrected chi connectivity index (χ0v) is 20.2. The van der Waals surface area contributed by atoms with E-state index in [1.54, 1.807) is 6.92 Å². The highest BCUT2D eigenvalue weighted by molar-refractivity contribution is 9.10. The van der Waals surface area contributed by atoms with E-state index in [0.29, 0.717) is 11.3 Å². The number of amides is 2. The molecule has 0 saturated carbocycles. The lowest BCUT2D eigenvalue weighted by Gasteiger charge is -2.28. The van der Waals surface area contributed by atoms with Crippen LogP contribution in [0.4, 0.5) is 4.79 Å². The normalized spacial score (nSPS) is 16.4. The molecule has 32 heavy (non-hydrogen) atoms. The second-order valence-electron chi connectivity index (χ2n) is 8.21. The van der Waals surface area contributed by atoms with E-state index in [0.717, 1.165) is 39.3 Å². The summed E-state index contributed by atoms with van der Waals surface area (Å²) in [4.78, 5) is 24.7. The van der Waals surface area contributed by atoms with Gasteiger partial charge in [-0.1, -0.05) is 48.2 Å². The first kappa shape index (κ1) is 22.4. The van der Waals surface area contributed by atoms with Gasteiger partial charge in [0.2, 0.25) is 0 Å². The lowest BCUT2D eigenvalue weighted by Crippen LogP contribution is -2.45. The second-order valence-corrected chi connectivity index (χ2v) is 9.13. The van der Waals surface area contributed by atoms with E-state index in [1.165, 1.54) is 31.9 Å². The van der Waals surface area contributed by atoms with Gasteiger partial charge in [-0.2, -0.15) is 0 Å². The fourth-order valence-corrected chi connectivity index (χ4v) is 4.90. The van der Waals surface area contributed by atoms with Crippen LogP contribution in [0, 0.1) is 0 Å². The molecule has 0 saturated heterocycles. The van der Waals surface area contributed by atoms with Gasteiger partial charge < -0.3 is 19.9 Å². The molecule has 2 amide bonds. The highest BCUT2D eigenvalue weighted by Gasteiger charge is 2.32. The molecule has 1 aliphatic rings. The summed E-state index contributed by atoms with van der Waals surface area (Å²) in [7, 11) is 1.35. The lowest BCUT2D eigenvalue weighted by atomic mass is 9.94. The first-order valence-electron chi connectivity index (χ1n) is 11.0. The summed E-state index contributed by atoms with van der Waals surface area (Å²) in [5.41, 5.74) is 4.10. The number of aryl methyl sites for hydroxylation is 1. The Kier molecular flexibility index (Phi) is 6.55. The number of ether oxygens (including phenoxy) is 1. The molecular weight excluding hydrogens is 470 g/mol. The number of hydrogen-bond acceptors (Lipinski definition) is 3. The number of carbonyl (C=O) groups excluding carboxylic acids is 2. The molecule has 3 aromatic rings. The molecule has 0 bridgehead atoms. The summed E-state index contributed by atoms with van der Waals surface area (Å²) >= 11 is 3.61. The molecule has 1 unspecified atom stereocenters. The Hall–Kier alpha value is -2.80. The fraction of sp³-hybridized carbons (Fsp3) is 0.360. The van der Waals surface area contributed by atoms with E-state index >= 15 is 0 Å². The molecule has 0 fully saturated rings. The van der Waals surface area contributed by atoms with E-state index in [2.05, 4.69) is 68.4 Å². The number of unbranched alkanes of at least 4 members (excludes halogenated alkanes) is 3. The van der Waals surface area contributed by atoms with E-state index in [-0.39, 0.29) is 6.03 Å². The molecule has 0 radical (unpaired) electrons. The molecule has 2 heterocycles. The van der Waals surface area contributed by atoms with E-state index in [1.807, 2.05) is 6.07 Å². The van der Waals surface area contributed by atoms with Crippen molar-refractivity contribution in [3.8, 4) is 0 Å². The molecule has 168 valence electrons. The highest BCUT2D eigenvalue weighted by atomic mass is 79.9. The zero-order valence-electron chi connectivity index (χ0n) is 18.6. The van der Waals surface area contributed by atoms with Gasteiger partial charge in [0.25, 0.3) is 0 Å². The Labute approximate surface area is 196 Å². The smallest absolute Gasteiger partial charge is 0.337 e. The molecule has 1 atom stereocenters. The van der Waals surface area contributed by atoms with Crippen LogP contribution in [0.2, 0.25) is 0 Å². The molecule has 0 spiro atoms. The third-order valence-electron chi connectivity index (χ3n) is 6.09. The summed E-state index contributed by atoms with van der Waals surface area (Å²) in [6.07, 6.45) is 4.79. The molecule has 2 aromatic carbocycles. The number of esters is 1.